The fourth-order valence-electron chi connectivity index (χ4n) is 1.94. The molecule has 0 aromatic carbocycles. The molecule has 2 heterocycles. The molecular weight excluding hydrogens is 314 g/mol. The van der Waals surface area contributed by atoms with E-state index in [9.17, 15) is 0 Å². The molecule has 2 aromatic heterocycles. The van der Waals surface area contributed by atoms with Gasteiger partial charge in [-0.1, -0.05) is 18.3 Å². The van der Waals surface area contributed by atoms with Gasteiger partial charge in [-0.3, -0.25) is 4.68 Å². The summed E-state index contributed by atoms with van der Waals surface area (Å²) in [7, 11) is 3.88. The first kappa shape index (κ1) is 13.6. The highest BCUT2D eigenvalue weighted by Gasteiger charge is 2.25. The van der Waals surface area contributed by atoms with E-state index in [0.29, 0.717) is 5.92 Å². The molecule has 0 radical (unpaired) electrons. The molecule has 98 valence electrons. The number of aromatic nitrogens is 4. The number of hydrogen-bond donors (Lipinski definition) is 1. The molecule has 5 nitrogen and oxygen atoms in total. The second-order valence-electron chi connectivity index (χ2n) is 4.40. The third kappa shape index (κ3) is 2.34. The average molecular weight is 330 g/mol. The van der Waals surface area contributed by atoms with Crippen LogP contribution in [0.1, 0.15) is 42.1 Å². The lowest BCUT2D eigenvalue weighted by atomic mass is 10.0. The Bertz CT molecular complexity index is 514. The number of nitrogens with zero attached hydrogens (tertiary/aromatic N) is 4. The van der Waals surface area contributed by atoms with Crippen molar-refractivity contribution < 1.29 is 0 Å². The third-order valence-corrected chi connectivity index (χ3v) is 4.26. The van der Waals surface area contributed by atoms with Crippen molar-refractivity contribution in [2.75, 3.05) is 7.05 Å². The quantitative estimate of drug-likeness (QED) is 0.936. The molecule has 2 rings (SSSR count). The van der Waals surface area contributed by atoms with E-state index >= 15 is 0 Å². The first-order valence-electron chi connectivity index (χ1n) is 5.73. The lowest BCUT2D eigenvalue weighted by Gasteiger charge is -2.17. The van der Waals surface area contributed by atoms with Crippen molar-refractivity contribution in [1.29, 1.82) is 0 Å². The van der Waals surface area contributed by atoms with E-state index in [1.165, 1.54) is 11.5 Å². The summed E-state index contributed by atoms with van der Waals surface area (Å²) in [6.45, 7) is 4.26. The van der Waals surface area contributed by atoms with E-state index in [0.717, 1.165) is 20.7 Å². The van der Waals surface area contributed by atoms with Gasteiger partial charge in [0, 0.05) is 7.05 Å². The number of hydrogen-bond acceptors (Lipinski definition) is 5. The van der Waals surface area contributed by atoms with Crippen LogP contribution >= 0.6 is 27.5 Å². The Morgan fingerprint density at radius 1 is 1.44 bits per heavy atom. The SMILES string of the molecule is CNC(c1snnc1C(C)C)c1c(Br)cnn1C. The number of halogens is 1. The van der Waals surface area contributed by atoms with Crippen LogP contribution in [0.25, 0.3) is 0 Å². The highest BCUT2D eigenvalue weighted by molar-refractivity contribution is 9.10. The summed E-state index contributed by atoms with van der Waals surface area (Å²) in [5.41, 5.74) is 2.14. The Kier molecular flexibility index (Phi) is 4.14. The summed E-state index contributed by atoms with van der Waals surface area (Å²) >= 11 is 4.99. The van der Waals surface area contributed by atoms with Crippen molar-refractivity contribution in [3.63, 3.8) is 0 Å². The van der Waals surface area contributed by atoms with Crippen molar-refractivity contribution in [3.05, 3.63) is 26.9 Å². The predicted octanol–water partition coefficient (Wildman–Crippen LogP) is 2.47. The summed E-state index contributed by atoms with van der Waals surface area (Å²) in [5, 5.41) is 11.8. The van der Waals surface area contributed by atoms with E-state index in [1.807, 2.05) is 25.0 Å². The molecule has 0 aliphatic rings. The number of aryl methyl sites for hydroxylation is 1. The van der Waals surface area contributed by atoms with Crippen LogP contribution in [0.2, 0.25) is 0 Å². The normalized spacial score (nSPS) is 13.2. The predicted molar refractivity (Wildman–Crippen MR) is 75.8 cm³/mol. The minimum Gasteiger partial charge on any atom is -0.307 e. The van der Waals surface area contributed by atoms with Crippen molar-refractivity contribution >= 4 is 27.5 Å². The van der Waals surface area contributed by atoms with E-state index in [-0.39, 0.29) is 6.04 Å². The first-order valence-corrected chi connectivity index (χ1v) is 7.29. The molecule has 1 N–H and O–H groups in total. The van der Waals surface area contributed by atoms with Crippen molar-refractivity contribution in [2.24, 2.45) is 7.05 Å². The van der Waals surface area contributed by atoms with Gasteiger partial charge in [-0.05, 0) is 40.4 Å². The zero-order valence-corrected chi connectivity index (χ0v) is 13.2. The van der Waals surface area contributed by atoms with Crippen LogP contribution in [0, 0.1) is 0 Å². The lowest BCUT2D eigenvalue weighted by molar-refractivity contribution is 0.601. The van der Waals surface area contributed by atoms with Crippen molar-refractivity contribution in [1.82, 2.24) is 24.7 Å². The molecule has 0 bridgehead atoms. The molecule has 2 aromatic rings. The Labute approximate surface area is 119 Å². The monoisotopic (exact) mass is 329 g/mol. The highest BCUT2D eigenvalue weighted by Crippen LogP contribution is 2.33. The van der Waals surface area contributed by atoms with Crippen LogP contribution in [0.4, 0.5) is 0 Å². The smallest absolute Gasteiger partial charge is 0.0886 e. The Balaban J connectivity index is 2.49. The Morgan fingerprint density at radius 2 is 2.17 bits per heavy atom. The molecule has 18 heavy (non-hydrogen) atoms. The first-order chi connectivity index (χ1) is 8.56. The zero-order valence-electron chi connectivity index (χ0n) is 10.8. The Morgan fingerprint density at radius 3 is 2.67 bits per heavy atom. The van der Waals surface area contributed by atoms with Crippen LogP contribution in [0.15, 0.2) is 10.7 Å². The maximum absolute atomic E-state index is 4.26. The van der Waals surface area contributed by atoms with E-state index in [4.69, 9.17) is 0 Å². The van der Waals surface area contributed by atoms with Crippen LogP contribution in [0.5, 0.6) is 0 Å². The summed E-state index contributed by atoms with van der Waals surface area (Å²) in [6.07, 6.45) is 1.81. The summed E-state index contributed by atoms with van der Waals surface area (Å²) in [4.78, 5) is 1.15. The van der Waals surface area contributed by atoms with Crippen LogP contribution in [-0.4, -0.2) is 26.4 Å². The molecule has 0 aliphatic heterocycles. The fraction of sp³-hybridized carbons (Fsp3) is 0.545. The molecule has 0 amide bonds. The number of nitrogens with one attached hydrogen (secondary N) is 1. The van der Waals surface area contributed by atoms with E-state index in [1.54, 1.807) is 0 Å². The number of rotatable bonds is 4. The van der Waals surface area contributed by atoms with E-state index in [2.05, 4.69) is 49.8 Å². The van der Waals surface area contributed by atoms with Gasteiger partial charge in [-0.25, -0.2) is 0 Å². The molecule has 0 aliphatic carbocycles. The van der Waals surface area contributed by atoms with E-state index < -0.39 is 0 Å². The summed E-state index contributed by atoms with van der Waals surface area (Å²) < 4.78 is 6.95. The van der Waals surface area contributed by atoms with Crippen LogP contribution < -0.4 is 5.32 Å². The third-order valence-electron chi connectivity index (χ3n) is 2.85. The molecule has 0 spiro atoms. The second-order valence-corrected chi connectivity index (χ2v) is 6.04. The average Bonchev–Trinajstić information content (AvgIpc) is 2.91. The topological polar surface area (TPSA) is 55.6 Å². The molecule has 1 atom stereocenters. The summed E-state index contributed by atoms with van der Waals surface area (Å²) in [5.74, 6) is 0.363. The molecule has 1 unspecified atom stereocenters. The molecule has 0 saturated carbocycles. The minimum atomic E-state index is 0.0595. The van der Waals surface area contributed by atoms with Gasteiger partial charge >= 0.3 is 0 Å². The minimum absolute atomic E-state index is 0.0595. The van der Waals surface area contributed by atoms with Gasteiger partial charge in [0.25, 0.3) is 0 Å². The van der Waals surface area contributed by atoms with Gasteiger partial charge in [0.2, 0.25) is 0 Å². The maximum atomic E-state index is 4.26. The van der Waals surface area contributed by atoms with Gasteiger partial charge in [0.05, 0.1) is 33.0 Å². The van der Waals surface area contributed by atoms with Gasteiger partial charge < -0.3 is 5.32 Å². The standard InChI is InChI=1S/C11H16BrN5S/c1-6(2)8-11(18-16-15-8)9(13-3)10-7(12)5-14-17(10)4/h5-6,9,13H,1-4H3. The van der Waals surface area contributed by atoms with Gasteiger partial charge in [0.15, 0.2) is 0 Å². The molecular formula is C11H16BrN5S. The maximum Gasteiger partial charge on any atom is 0.0886 e. The molecule has 0 fully saturated rings. The lowest BCUT2D eigenvalue weighted by Crippen LogP contribution is -2.21. The van der Waals surface area contributed by atoms with Gasteiger partial charge in [0.1, 0.15) is 0 Å². The summed E-state index contributed by atoms with van der Waals surface area (Å²) in [6, 6.07) is 0.0595. The molecule has 7 heteroatoms. The van der Waals surface area contributed by atoms with Gasteiger partial charge in [-0.2, -0.15) is 5.10 Å². The van der Waals surface area contributed by atoms with Crippen LogP contribution in [-0.2, 0) is 7.05 Å². The Hall–Kier alpha value is -0.790. The van der Waals surface area contributed by atoms with Crippen molar-refractivity contribution in [2.45, 2.75) is 25.8 Å². The van der Waals surface area contributed by atoms with Crippen LogP contribution in [0.3, 0.4) is 0 Å². The highest BCUT2D eigenvalue weighted by atomic mass is 79.9. The van der Waals surface area contributed by atoms with Crippen molar-refractivity contribution in [3.8, 4) is 0 Å². The largest absolute Gasteiger partial charge is 0.307 e. The fourth-order valence-corrected chi connectivity index (χ4v) is 3.44. The zero-order chi connectivity index (χ0) is 13.3. The molecule has 0 saturated heterocycles. The van der Waals surface area contributed by atoms with Gasteiger partial charge in [-0.15, -0.1) is 5.10 Å². The second kappa shape index (κ2) is 5.46.